The molecule has 4 rings (SSSR count). The standard InChI is InChI=1S/C19H17IN4O/c20-17-16-18(22-13-21-17)24(12-15-9-5-2-6-10-15)19(25)23(16)11-14-7-3-1-4-8-14/h1-10,13,19,25H,11-12H2. The molecule has 0 spiro atoms. The Morgan fingerprint density at radius 2 is 1.40 bits per heavy atom. The minimum absolute atomic E-state index is 0.591. The van der Waals surface area contributed by atoms with E-state index >= 15 is 0 Å². The monoisotopic (exact) mass is 444 g/mol. The highest BCUT2D eigenvalue weighted by Gasteiger charge is 2.37. The van der Waals surface area contributed by atoms with Gasteiger partial charge in [0.05, 0.1) is 0 Å². The molecular formula is C19H17IN4O. The molecule has 0 saturated carbocycles. The van der Waals surface area contributed by atoms with Crippen molar-refractivity contribution in [2.75, 3.05) is 9.80 Å². The highest BCUT2D eigenvalue weighted by atomic mass is 127. The molecular weight excluding hydrogens is 427 g/mol. The second-order valence-electron chi connectivity index (χ2n) is 5.91. The van der Waals surface area contributed by atoms with Gasteiger partial charge in [-0.1, -0.05) is 60.7 Å². The fourth-order valence-electron chi connectivity index (χ4n) is 3.08. The van der Waals surface area contributed by atoms with Gasteiger partial charge in [-0.15, -0.1) is 0 Å². The molecule has 1 aromatic heterocycles. The zero-order chi connectivity index (χ0) is 17.2. The average molecular weight is 444 g/mol. The number of halogens is 1. The Hall–Kier alpha value is -2.19. The third-order valence-corrected chi connectivity index (χ3v) is 5.06. The van der Waals surface area contributed by atoms with E-state index in [9.17, 15) is 5.11 Å². The number of hydrogen-bond acceptors (Lipinski definition) is 5. The van der Waals surface area contributed by atoms with Gasteiger partial charge in [0.2, 0.25) is 6.35 Å². The first-order valence-electron chi connectivity index (χ1n) is 8.04. The number of aliphatic hydroxyl groups excluding tert-OH is 1. The molecule has 5 nitrogen and oxygen atoms in total. The van der Waals surface area contributed by atoms with E-state index in [-0.39, 0.29) is 0 Å². The largest absolute Gasteiger partial charge is 0.356 e. The average Bonchev–Trinajstić information content (AvgIpc) is 2.90. The summed E-state index contributed by atoms with van der Waals surface area (Å²) in [5.74, 6) is 0.770. The third-order valence-electron chi connectivity index (χ3n) is 4.27. The van der Waals surface area contributed by atoms with Crippen LogP contribution in [0.25, 0.3) is 0 Å². The Kier molecular flexibility index (Phi) is 4.54. The SMILES string of the molecule is OC1N(Cc2ccccc2)c2ncnc(I)c2N1Cc1ccccc1. The number of anilines is 2. The summed E-state index contributed by atoms with van der Waals surface area (Å²) in [6.07, 6.45) is 0.776. The molecule has 0 saturated heterocycles. The van der Waals surface area contributed by atoms with Gasteiger partial charge in [-0.25, -0.2) is 9.97 Å². The molecule has 3 aromatic rings. The maximum absolute atomic E-state index is 11.0. The van der Waals surface area contributed by atoms with Gasteiger partial charge in [0.25, 0.3) is 0 Å². The van der Waals surface area contributed by atoms with Gasteiger partial charge in [0.1, 0.15) is 15.7 Å². The lowest BCUT2D eigenvalue weighted by atomic mass is 10.2. The number of aromatic nitrogens is 2. The Morgan fingerprint density at radius 3 is 2.00 bits per heavy atom. The van der Waals surface area contributed by atoms with Crippen LogP contribution in [-0.2, 0) is 13.1 Å². The van der Waals surface area contributed by atoms with E-state index in [0.717, 1.165) is 26.3 Å². The van der Waals surface area contributed by atoms with Crippen LogP contribution in [0, 0.1) is 3.70 Å². The van der Waals surface area contributed by atoms with Gasteiger partial charge >= 0.3 is 0 Å². The van der Waals surface area contributed by atoms with Crippen molar-refractivity contribution in [2.24, 2.45) is 0 Å². The van der Waals surface area contributed by atoms with Gasteiger partial charge in [-0.3, -0.25) is 0 Å². The number of fused-ring (bicyclic) bond motifs is 1. The van der Waals surface area contributed by atoms with Crippen LogP contribution in [0.5, 0.6) is 0 Å². The van der Waals surface area contributed by atoms with Crippen molar-refractivity contribution in [3.8, 4) is 0 Å². The number of aliphatic hydroxyl groups is 1. The molecule has 6 heteroatoms. The second kappa shape index (κ2) is 6.97. The lowest BCUT2D eigenvalue weighted by Gasteiger charge is -2.28. The van der Waals surface area contributed by atoms with E-state index in [1.807, 2.05) is 46.2 Å². The van der Waals surface area contributed by atoms with Crippen molar-refractivity contribution in [1.29, 1.82) is 0 Å². The molecule has 1 atom stereocenters. The first-order valence-corrected chi connectivity index (χ1v) is 9.11. The first kappa shape index (κ1) is 16.3. The molecule has 0 radical (unpaired) electrons. The van der Waals surface area contributed by atoms with Crippen LogP contribution >= 0.6 is 22.6 Å². The second-order valence-corrected chi connectivity index (χ2v) is 6.93. The van der Waals surface area contributed by atoms with E-state index in [4.69, 9.17) is 0 Å². The first-order chi connectivity index (χ1) is 12.2. The molecule has 1 unspecified atom stereocenters. The predicted molar refractivity (Wildman–Crippen MR) is 106 cm³/mol. The Morgan fingerprint density at radius 1 is 0.840 bits per heavy atom. The Labute approximate surface area is 160 Å². The predicted octanol–water partition coefficient (Wildman–Crippen LogP) is 3.38. The fraction of sp³-hybridized carbons (Fsp3) is 0.158. The molecule has 0 bridgehead atoms. The number of benzene rings is 2. The number of hydrogen-bond donors (Lipinski definition) is 1. The summed E-state index contributed by atoms with van der Waals surface area (Å²) in [7, 11) is 0. The summed E-state index contributed by atoms with van der Waals surface area (Å²) in [6.45, 7) is 1.19. The Bertz CT molecular complexity index is 860. The van der Waals surface area contributed by atoms with E-state index in [1.165, 1.54) is 0 Å². The van der Waals surface area contributed by atoms with Crippen LogP contribution in [0.2, 0.25) is 0 Å². The molecule has 0 amide bonds. The minimum atomic E-state index is -0.777. The van der Waals surface area contributed by atoms with Gasteiger partial charge in [-0.05, 0) is 33.7 Å². The van der Waals surface area contributed by atoms with E-state index in [1.54, 1.807) is 6.33 Å². The smallest absolute Gasteiger partial charge is 0.209 e. The lowest BCUT2D eigenvalue weighted by molar-refractivity contribution is 0.168. The van der Waals surface area contributed by atoms with Crippen LogP contribution in [-0.4, -0.2) is 21.4 Å². The summed E-state index contributed by atoms with van der Waals surface area (Å²) in [6, 6.07) is 20.2. The van der Waals surface area contributed by atoms with Crippen molar-refractivity contribution < 1.29 is 5.11 Å². The van der Waals surface area contributed by atoms with Crippen molar-refractivity contribution >= 4 is 34.1 Å². The highest BCUT2D eigenvalue weighted by Crippen LogP contribution is 2.41. The zero-order valence-electron chi connectivity index (χ0n) is 13.5. The quantitative estimate of drug-likeness (QED) is 0.494. The lowest BCUT2D eigenvalue weighted by Crippen LogP contribution is -2.42. The molecule has 2 heterocycles. The van der Waals surface area contributed by atoms with Gasteiger partial charge in [0, 0.05) is 13.1 Å². The van der Waals surface area contributed by atoms with E-state index in [2.05, 4.69) is 56.8 Å². The molecule has 126 valence electrons. The molecule has 1 aliphatic heterocycles. The summed E-state index contributed by atoms with van der Waals surface area (Å²) in [4.78, 5) is 12.6. The summed E-state index contributed by atoms with van der Waals surface area (Å²) in [5, 5.41) is 11.0. The van der Waals surface area contributed by atoms with E-state index in [0.29, 0.717) is 13.1 Å². The zero-order valence-corrected chi connectivity index (χ0v) is 15.6. The number of nitrogens with zero attached hydrogens (tertiary/aromatic N) is 4. The van der Waals surface area contributed by atoms with Gasteiger partial charge in [-0.2, -0.15) is 0 Å². The van der Waals surface area contributed by atoms with Gasteiger partial charge < -0.3 is 14.9 Å². The molecule has 25 heavy (non-hydrogen) atoms. The van der Waals surface area contributed by atoms with Gasteiger partial charge in [0.15, 0.2) is 5.82 Å². The Balaban J connectivity index is 1.70. The summed E-state index contributed by atoms with van der Waals surface area (Å²) >= 11 is 2.20. The van der Waals surface area contributed by atoms with Crippen LogP contribution in [0.4, 0.5) is 11.5 Å². The van der Waals surface area contributed by atoms with Crippen LogP contribution in [0.1, 0.15) is 11.1 Å². The summed E-state index contributed by atoms with van der Waals surface area (Å²) < 4.78 is 0.841. The van der Waals surface area contributed by atoms with Crippen molar-refractivity contribution in [2.45, 2.75) is 19.4 Å². The minimum Gasteiger partial charge on any atom is -0.356 e. The summed E-state index contributed by atoms with van der Waals surface area (Å²) in [5.41, 5.74) is 3.15. The van der Waals surface area contributed by atoms with Crippen molar-refractivity contribution in [3.63, 3.8) is 0 Å². The van der Waals surface area contributed by atoms with Crippen LogP contribution < -0.4 is 9.80 Å². The molecule has 1 aliphatic rings. The molecule has 0 aliphatic carbocycles. The molecule has 2 aromatic carbocycles. The maximum Gasteiger partial charge on any atom is 0.209 e. The highest BCUT2D eigenvalue weighted by molar-refractivity contribution is 14.1. The van der Waals surface area contributed by atoms with E-state index < -0.39 is 6.35 Å². The van der Waals surface area contributed by atoms with Crippen LogP contribution in [0.3, 0.4) is 0 Å². The topological polar surface area (TPSA) is 52.5 Å². The third kappa shape index (κ3) is 3.19. The van der Waals surface area contributed by atoms with Crippen LogP contribution in [0.15, 0.2) is 67.0 Å². The van der Waals surface area contributed by atoms with Crippen molar-refractivity contribution in [1.82, 2.24) is 9.97 Å². The molecule has 1 N–H and O–H groups in total. The normalized spacial score (nSPS) is 16.2. The maximum atomic E-state index is 11.0. The number of rotatable bonds is 4. The fourth-order valence-corrected chi connectivity index (χ4v) is 3.75. The molecule has 0 fully saturated rings. The van der Waals surface area contributed by atoms with Crippen molar-refractivity contribution in [3.05, 3.63) is 81.8 Å².